The first-order valence-electron chi connectivity index (χ1n) is 4.23. The standard InChI is InChI=1S/C8H15N3O/c1-4-11-7(5-9-10-11)8(12)6(2)3/h5-6,8,12H,4H2,1-3H3. The van der Waals surface area contributed by atoms with Gasteiger partial charge in [0.2, 0.25) is 0 Å². The quantitative estimate of drug-likeness (QED) is 0.734. The van der Waals surface area contributed by atoms with Crippen molar-refractivity contribution in [3.63, 3.8) is 0 Å². The summed E-state index contributed by atoms with van der Waals surface area (Å²) in [4.78, 5) is 0. The Morgan fingerprint density at radius 3 is 2.75 bits per heavy atom. The molecule has 1 rings (SSSR count). The zero-order chi connectivity index (χ0) is 9.14. The fourth-order valence-corrected chi connectivity index (χ4v) is 1.08. The van der Waals surface area contributed by atoms with Crippen molar-refractivity contribution in [3.05, 3.63) is 11.9 Å². The minimum absolute atomic E-state index is 0.203. The predicted octanol–water partition coefficient (Wildman–Crippen LogP) is 0.987. The third-order valence-corrected chi connectivity index (χ3v) is 1.88. The molecule has 0 saturated heterocycles. The summed E-state index contributed by atoms with van der Waals surface area (Å²) in [6.07, 6.45) is 1.16. The zero-order valence-corrected chi connectivity index (χ0v) is 7.73. The van der Waals surface area contributed by atoms with Crippen LogP contribution in [0.4, 0.5) is 0 Å². The van der Waals surface area contributed by atoms with Crippen LogP contribution in [-0.2, 0) is 6.54 Å². The van der Waals surface area contributed by atoms with Crippen LogP contribution in [0.3, 0.4) is 0 Å². The minimum Gasteiger partial charge on any atom is -0.386 e. The van der Waals surface area contributed by atoms with Gasteiger partial charge in [0.1, 0.15) is 0 Å². The number of aryl methyl sites for hydroxylation is 1. The molecule has 68 valence electrons. The van der Waals surface area contributed by atoms with Crippen molar-refractivity contribution in [2.75, 3.05) is 0 Å². The average Bonchev–Trinajstić information content (AvgIpc) is 2.49. The number of hydrogen-bond donors (Lipinski definition) is 1. The van der Waals surface area contributed by atoms with E-state index in [0.29, 0.717) is 0 Å². The number of aromatic nitrogens is 3. The smallest absolute Gasteiger partial charge is 0.0995 e. The van der Waals surface area contributed by atoms with Gasteiger partial charge in [-0.05, 0) is 12.8 Å². The minimum atomic E-state index is -0.458. The number of aliphatic hydroxyl groups is 1. The maximum absolute atomic E-state index is 9.70. The summed E-state index contributed by atoms with van der Waals surface area (Å²) in [5, 5.41) is 17.3. The fraction of sp³-hybridized carbons (Fsp3) is 0.750. The molecule has 1 unspecified atom stereocenters. The van der Waals surface area contributed by atoms with Crippen LogP contribution in [-0.4, -0.2) is 20.1 Å². The van der Waals surface area contributed by atoms with Gasteiger partial charge in [-0.3, -0.25) is 0 Å². The molecule has 1 aromatic rings. The van der Waals surface area contributed by atoms with E-state index in [0.717, 1.165) is 12.2 Å². The molecule has 12 heavy (non-hydrogen) atoms. The number of hydrogen-bond acceptors (Lipinski definition) is 3. The summed E-state index contributed by atoms with van der Waals surface area (Å²) in [5.41, 5.74) is 0.799. The Kier molecular flexibility index (Phi) is 2.81. The molecule has 0 amide bonds. The Hall–Kier alpha value is -0.900. The maximum atomic E-state index is 9.70. The van der Waals surface area contributed by atoms with Crippen LogP contribution in [0.15, 0.2) is 6.20 Å². The van der Waals surface area contributed by atoms with E-state index in [1.807, 2.05) is 20.8 Å². The van der Waals surface area contributed by atoms with Gasteiger partial charge in [-0.2, -0.15) is 0 Å². The predicted molar refractivity (Wildman–Crippen MR) is 45.5 cm³/mol. The van der Waals surface area contributed by atoms with Crippen LogP contribution in [0.1, 0.15) is 32.6 Å². The summed E-state index contributed by atoms with van der Waals surface area (Å²) in [7, 11) is 0. The van der Waals surface area contributed by atoms with Crippen molar-refractivity contribution >= 4 is 0 Å². The lowest BCUT2D eigenvalue weighted by molar-refractivity contribution is 0.117. The second kappa shape index (κ2) is 3.67. The summed E-state index contributed by atoms with van der Waals surface area (Å²) in [5.74, 6) is 0.203. The van der Waals surface area contributed by atoms with Crippen LogP contribution in [0.5, 0.6) is 0 Å². The van der Waals surface area contributed by atoms with Gasteiger partial charge in [0, 0.05) is 6.54 Å². The van der Waals surface area contributed by atoms with Crippen molar-refractivity contribution in [1.82, 2.24) is 15.0 Å². The lowest BCUT2D eigenvalue weighted by Crippen LogP contribution is -2.12. The van der Waals surface area contributed by atoms with E-state index in [-0.39, 0.29) is 5.92 Å². The van der Waals surface area contributed by atoms with Crippen LogP contribution in [0, 0.1) is 5.92 Å². The average molecular weight is 169 g/mol. The zero-order valence-electron chi connectivity index (χ0n) is 7.73. The molecule has 1 N–H and O–H groups in total. The first-order chi connectivity index (χ1) is 5.66. The SMILES string of the molecule is CCn1nncc1C(O)C(C)C. The van der Waals surface area contributed by atoms with Gasteiger partial charge >= 0.3 is 0 Å². The molecule has 0 aliphatic rings. The highest BCUT2D eigenvalue weighted by molar-refractivity contribution is 4.99. The molecule has 4 nitrogen and oxygen atoms in total. The van der Waals surface area contributed by atoms with E-state index < -0.39 is 6.10 Å². The lowest BCUT2D eigenvalue weighted by Gasteiger charge is -2.14. The Labute approximate surface area is 72.2 Å². The first kappa shape index (κ1) is 9.19. The second-order valence-electron chi connectivity index (χ2n) is 3.16. The van der Waals surface area contributed by atoms with Crippen LogP contribution < -0.4 is 0 Å². The number of nitrogens with zero attached hydrogens (tertiary/aromatic N) is 3. The maximum Gasteiger partial charge on any atom is 0.0995 e. The van der Waals surface area contributed by atoms with Gasteiger partial charge in [0.15, 0.2) is 0 Å². The van der Waals surface area contributed by atoms with E-state index in [1.54, 1.807) is 10.9 Å². The first-order valence-corrected chi connectivity index (χ1v) is 4.23. The summed E-state index contributed by atoms with van der Waals surface area (Å²) in [6, 6.07) is 0. The third-order valence-electron chi connectivity index (χ3n) is 1.88. The summed E-state index contributed by atoms with van der Waals surface area (Å²) < 4.78 is 1.71. The second-order valence-corrected chi connectivity index (χ2v) is 3.16. The largest absolute Gasteiger partial charge is 0.386 e. The highest BCUT2D eigenvalue weighted by atomic mass is 16.3. The van der Waals surface area contributed by atoms with E-state index >= 15 is 0 Å². The Balaban J connectivity index is 2.86. The van der Waals surface area contributed by atoms with Gasteiger partial charge in [0.05, 0.1) is 18.0 Å². The summed E-state index contributed by atoms with van der Waals surface area (Å²) in [6.45, 7) is 6.67. The highest BCUT2D eigenvalue weighted by Crippen LogP contribution is 2.19. The number of rotatable bonds is 3. The lowest BCUT2D eigenvalue weighted by atomic mass is 10.1. The Morgan fingerprint density at radius 1 is 1.58 bits per heavy atom. The Morgan fingerprint density at radius 2 is 2.25 bits per heavy atom. The fourth-order valence-electron chi connectivity index (χ4n) is 1.08. The third kappa shape index (κ3) is 1.64. The molecular weight excluding hydrogens is 154 g/mol. The molecule has 0 saturated carbocycles. The normalized spacial score (nSPS) is 13.8. The van der Waals surface area contributed by atoms with Gasteiger partial charge in [0.25, 0.3) is 0 Å². The molecule has 0 radical (unpaired) electrons. The molecule has 0 aromatic carbocycles. The molecule has 1 heterocycles. The van der Waals surface area contributed by atoms with Crippen molar-refractivity contribution in [1.29, 1.82) is 0 Å². The Bertz CT molecular complexity index is 244. The van der Waals surface area contributed by atoms with Gasteiger partial charge in [-0.15, -0.1) is 5.10 Å². The van der Waals surface area contributed by atoms with E-state index in [9.17, 15) is 5.11 Å². The highest BCUT2D eigenvalue weighted by Gasteiger charge is 2.16. The topological polar surface area (TPSA) is 50.9 Å². The van der Waals surface area contributed by atoms with E-state index in [1.165, 1.54) is 0 Å². The molecular formula is C8H15N3O. The van der Waals surface area contributed by atoms with E-state index in [4.69, 9.17) is 0 Å². The molecule has 0 spiro atoms. The molecule has 1 aromatic heterocycles. The van der Waals surface area contributed by atoms with Crippen molar-refractivity contribution in [2.24, 2.45) is 5.92 Å². The number of aliphatic hydroxyl groups excluding tert-OH is 1. The molecule has 0 fully saturated rings. The van der Waals surface area contributed by atoms with Crippen LogP contribution >= 0.6 is 0 Å². The van der Waals surface area contributed by atoms with Gasteiger partial charge < -0.3 is 5.11 Å². The van der Waals surface area contributed by atoms with Crippen molar-refractivity contribution < 1.29 is 5.11 Å². The molecule has 0 aliphatic heterocycles. The van der Waals surface area contributed by atoms with Crippen LogP contribution in [0.2, 0.25) is 0 Å². The summed E-state index contributed by atoms with van der Waals surface area (Å²) >= 11 is 0. The van der Waals surface area contributed by atoms with Crippen molar-refractivity contribution in [2.45, 2.75) is 33.4 Å². The van der Waals surface area contributed by atoms with Gasteiger partial charge in [-0.25, -0.2) is 4.68 Å². The molecule has 0 bridgehead atoms. The molecule has 0 aliphatic carbocycles. The monoisotopic (exact) mass is 169 g/mol. The van der Waals surface area contributed by atoms with Gasteiger partial charge in [-0.1, -0.05) is 19.1 Å². The molecule has 1 atom stereocenters. The molecule has 4 heteroatoms. The van der Waals surface area contributed by atoms with Crippen molar-refractivity contribution in [3.8, 4) is 0 Å². The van der Waals surface area contributed by atoms with E-state index in [2.05, 4.69) is 10.3 Å². The van der Waals surface area contributed by atoms with Crippen LogP contribution in [0.25, 0.3) is 0 Å².